The number of benzene rings is 1. The van der Waals surface area contributed by atoms with Crippen molar-refractivity contribution >= 4 is 19.8 Å². The van der Waals surface area contributed by atoms with E-state index in [0.717, 1.165) is 18.9 Å². The predicted molar refractivity (Wildman–Crippen MR) is 82.1 cm³/mol. The molecule has 1 aromatic carbocycles. The van der Waals surface area contributed by atoms with Crippen LogP contribution in [0.25, 0.3) is 0 Å². The monoisotopic (exact) mass is 293 g/mol. The highest BCUT2D eigenvalue weighted by molar-refractivity contribution is 6.81. The van der Waals surface area contributed by atoms with Crippen LogP contribution in [0.2, 0.25) is 6.04 Å². The average molecular weight is 293 g/mol. The Labute approximate surface area is 122 Å². The molecule has 0 fully saturated rings. The number of hydrogen-bond acceptors (Lipinski definition) is 4. The quantitative estimate of drug-likeness (QED) is 0.288. The van der Waals surface area contributed by atoms with Gasteiger partial charge in [0.05, 0.1) is 6.54 Å². The fraction of sp³-hybridized carbons (Fsp3) is 0.533. The highest BCUT2D eigenvalue weighted by atomic mass is 28.4. The minimum Gasteiger partial charge on any atom is -0.391 e. The maximum atomic E-state index is 10.1. The predicted octanol–water partition coefficient (Wildman–Crippen LogP) is 2.52. The van der Waals surface area contributed by atoms with Crippen LogP contribution in [0.1, 0.15) is 26.7 Å². The highest BCUT2D eigenvalue weighted by Crippen LogP contribution is 2.18. The van der Waals surface area contributed by atoms with Crippen LogP contribution in [-0.2, 0) is 13.6 Å². The second-order valence-corrected chi connectivity index (χ2v) is 7.58. The van der Waals surface area contributed by atoms with Crippen molar-refractivity contribution in [1.82, 2.24) is 0 Å². The van der Waals surface area contributed by atoms with E-state index < -0.39 is 8.56 Å². The van der Waals surface area contributed by atoms with Gasteiger partial charge < -0.3 is 8.85 Å². The summed E-state index contributed by atoms with van der Waals surface area (Å²) in [6.45, 7) is 5.82. The highest BCUT2D eigenvalue weighted by Gasteiger charge is 2.38. The van der Waals surface area contributed by atoms with Crippen molar-refractivity contribution in [2.24, 2.45) is 4.99 Å². The maximum absolute atomic E-state index is 10.1. The number of hydrogen-bond donors (Lipinski definition) is 0. The van der Waals surface area contributed by atoms with Gasteiger partial charge in [-0.3, -0.25) is 0 Å². The first-order valence-corrected chi connectivity index (χ1v) is 9.18. The molecule has 0 saturated heterocycles. The number of unbranched alkanes of at least 4 members (excludes halogenated alkanes) is 1. The van der Waals surface area contributed by atoms with Crippen molar-refractivity contribution in [3.63, 3.8) is 0 Å². The Bertz CT molecular complexity index is 412. The van der Waals surface area contributed by atoms with E-state index in [0.29, 0.717) is 19.8 Å². The Morgan fingerprint density at radius 3 is 2.30 bits per heavy atom. The lowest BCUT2D eigenvalue weighted by Gasteiger charge is -2.30. The van der Waals surface area contributed by atoms with Crippen LogP contribution in [0.5, 0.6) is 0 Å². The van der Waals surface area contributed by atoms with Crippen molar-refractivity contribution < 1.29 is 13.6 Å². The van der Waals surface area contributed by atoms with Crippen molar-refractivity contribution in [3.05, 3.63) is 30.3 Å². The van der Waals surface area contributed by atoms with Gasteiger partial charge in [-0.05, 0) is 37.9 Å². The van der Waals surface area contributed by atoms with Crippen LogP contribution in [-0.4, -0.2) is 34.4 Å². The van der Waals surface area contributed by atoms with Gasteiger partial charge in [-0.1, -0.05) is 30.3 Å². The van der Waals surface area contributed by atoms with Crippen LogP contribution in [0.15, 0.2) is 35.3 Å². The van der Waals surface area contributed by atoms with Gasteiger partial charge in [0.1, 0.15) is 0 Å². The molecule has 0 atom stereocenters. The number of aliphatic imine (C=N–C) groups is 1. The number of isocyanates is 1. The van der Waals surface area contributed by atoms with Crippen LogP contribution >= 0.6 is 0 Å². The first-order chi connectivity index (χ1) is 9.79. The normalized spacial score (nSPS) is 11.1. The van der Waals surface area contributed by atoms with E-state index in [1.807, 2.05) is 32.0 Å². The zero-order valence-corrected chi connectivity index (χ0v) is 13.3. The molecule has 5 heteroatoms. The van der Waals surface area contributed by atoms with Crippen molar-refractivity contribution in [3.8, 4) is 0 Å². The van der Waals surface area contributed by atoms with Gasteiger partial charge in [0.25, 0.3) is 0 Å². The molecule has 0 aliphatic carbocycles. The lowest BCUT2D eigenvalue weighted by atomic mass is 10.3. The van der Waals surface area contributed by atoms with Crippen LogP contribution < -0.4 is 5.19 Å². The molecule has 20 heavy (non-hydrogen) atoms. The van der Waals surface area contributed by atoms with E-state index in [9.17, 15) is 4.79 Å². The SMILES string of the molecule is CCO[Si](CCCCN=C=O)(OCC)c1ccccc1. The molecule has 0 bridgehead atoms. The van der Waals surface area contributed by atoms with Gasteiger partial charge in [-0.2, -0.15) is 0 Å². The van der Waals surface area contributed by atoms with Crippen molar-refractivity contribution in [1.29, 1.82) is 0 Å². The van der Waals surface area contributed by atoms with E-state index in [1.165, 1.54) is 5.19 Å². The Morgan fingerprint density at radius 1 is 1.10 bits per heavy atom. The Morgan fingerprint density at radius 2 is 1.75 bits per heavy atom. The molecule has 0 N–H and O–H groups in total. The molecule has 0 aromatic heterocycles. The molecular weight excluding hydrogens is 270 g/mol. The van der Waals surface area contributed by atoms with Crippen LogP contribution in [0.4, 0.5) is 0 Å². The van der Waals surface area contributed by atoms with Gasteiger partial charge in [0, 0.05) is 13.2 Å². The zero-order chi connectivity index (χ0) is 14.7. The molecule has 0 aliphatic heterocycles. The van der Waals surface area contributed by atoms with E-state index >= 15 is 0 Å². The molecule has 0 aliphatic rings. The van der Waals surface area contributed by atoms with E-state index in [2.05, 4.69) is 17.1 Å². The lowest BCUT2D eigenvalue weighted by Crippen LogP contribution is -2.53. The van der Waals surface area contributed by atoms with Gasteiger partial charge in [0.2, 0.25) is 6.08 Å². The topological polar surface area (TPSA) is 47.9 Å². The molecular formula is C15H23NO3Si. The zero-order valence-electron chi connectivity index (χ0n) is 12.3. The van der Waals surface area contributed by atoms with Gasteiger partial charge in [-0.25, -0.2) is 9.79 Å². The van der Waals surface area contributed by atoms with Crippen molar-refractivity contribution in [2.75, 3.05) is 19.8 Å². The van der Waals surface area contributed by atoms with Crippen LogP contribution in [0, 0.1) is 0 Å². The third kappa shape index (κ3) is 5.02. The summed E-state index contributed by atoms with van der Waals surface area (Å²) in [5.74, 6) is 0. The molecule has 0 amide bonds. The second kappa shape index (κ2) is 9.61. The minimum atomic E-state index is -2.37. The second-order valence-electron chi connectivity index (χ2n) is 4.42. The summed E-state index contributed by atoms with van der Waals surface area (Å²) in [4.78, 5) is 13.6. The smallest absolute Gasteiger partial charge is 0.372 e. The van der Waals surface area contributed by atoms with E-state index in [-0.39, 0.29) is 0 Å². The fourth-order valence-corrected chi connectivity index (χ4v) is 5.59. The third-order valence-electron chi connectivity index (χ3n) is 3.06. The number of rotatable bonds is 10. The Hall–Kier alpha value is -1.26. The van der Waals surface area contributed by atoms with E-state index in [1.54, 1.807) is 6.08 Å². The van der Waals surface area contributed by atoms with Gasteiger partial charge in [-0.15, -0.1) is 0 Å². The van der Waals surface area contributed by atoms with Gasteiger partial charge in [0.15, 0.2) is 0 Å². The summed E-state index contributed by atoms with van der Waals surface area (Å²) < 4.78 is 12.1. The van der Waals surface area contributed by atoms with E-state index in [4.69, 9.17) is 8.85 Å². The standard InChI is InChI=1S/C15H23NO3Si/c1-3-18-20(19-4-2,13-9-8-12-16-14-17)15-10-6-5-7-11-15/h5-7,10-11H,3-4,8-9,12-13H2,1-2H3. The molecule has 0 heterocycles. The Balaban J connectivity index is 2.79. The van der Waals surface area contributed by atoms with Crippen LogP contribution in [0.3, 0.4) is 0 Å². The molecule has 1 aromatic rings. The molecule has 110 valence electrons. The summed E-state index contributed by atoms with van der Waals surface area (Å²) >= 11 is 0. The summed E-state index contributed by atoms with van der Waals surface area (Å²) in [6, 6.07) is 11.1. The van der Waals surface area contributed by atoms with Gasteiger partial charge >= 0.3 is 8.56 Å². The first-order valence-electron chi connectivity index (χ1n) is 7.16. The average Bonchev–Trinajstić information content (AvgIpc) is 2.48. The van der Waals surface area contributed by atoms with Crippen molar-refractivity contribution in [2.45, 2.75) is 32.7 Å². The molecule has 0 radical (unpaired) electrons. The summed E-state index contributed by atoms with van der Waals surface area (Å²) in [7, 11) is -2.37. The third-order valence-corrected chi connectivity index (χ3v) is 6.79. The minimum absolute atomic E-state index is 0.529. The first kappa shape index (κ1) is 16.8. The summed E-state index contributed by atoms with van der Waals surface area (Å²) in [5, 5.41) is 1.17. The number of nitrogens with zero attached hydrogens (tertiary/aromatic N) is 1. The number of carbonyl (C=O) groups excluding carboxylic acids is 1. The molecule has 4 nitrogen and oxygen atoms in total. The molecule has 1 rings (SSSR count). The fourth-order valence-electron chi connectivity index (χ4n) is 2.25. The maximum Gasteiger partial charge on any atom is 0.372 e. The molecule has 0 spiro atoms. The Kier molecular flexibility index (Phi) is 8.07. The summed E-state index contributed by atoms with van der Waals surface area (Å²) in [5.41, 5.74) is 0. The largest absolute Gasteiger partial charge is 0.391 e. The molecule has 0 saturated carbocycles. The summed E-state index contributed by atoms with van der Waals surface area (Å²) in [6.07, 6.45) is 3.37. The lowest BCUT2D eigenvalue weighted by molar-refractivity contribution is 0.195. The molecule has 0 unspecified atom stereocenters.